The summed E-state index contributed by atoms with van der Waals surface area (Å²) in [6.45, 7) is 2.63. The Kier molecular flexibility index (Phi) is 6.85. The van der Waals surface area contributed by atoms with Gasteiger partial charge in [-0.1, -0.05) is 60.8 Å². The van der Waals surface area contributed by atoms with Crippen molar-refractivity contribution in [1.29, 1.82) is 0 Å². The number of nitrogens with zero attached hydrogens (tertiary/aromatic N) is 3. The maximum atomic E-state index is 12.6. The number of amides is 1. The highest BCUT2D eigenvalue weighted by Crippen LogP contribution is 2.24. The maximum Gasteiger partial charge on any atom is 0.280 e. The first-order chi connectivity index (χ1) is 13.6. The molecule has 0 atom stereocenters. The molecule has 0 saturated carbocycles. The Balaban J connectivity index is 2.01. The third kappa shape index (κ3) is 4.80. The summed E-state index contributed by atoms with van der Waals surface area (Å²) in [5, 5.41) is 5.27. The first-order valence-electron chi connectivity index (χ1n) is 8.91. The summed E-state index contributed by atoms with van der Waals surface area (Å²) in [6.07, 6.45) is 3.42. The van der Waals surface area contributed by atoms with Gasteiger partial charge in [-0.2, -0.15) is 5.10 Å². The van der Waals surface area contributed by atoms with Crippen LogP contribution in [0.25, 0.3) is 5.69 Å². The standard InChI is InChI=1S/C21H19Cl2N3O2/c1-2-3-12-28-19-13-15(14-24-26(19)16-8-5-4-6-9-16)25-21(27)20-17(22)10-7-11-18(20)23/h4-11,13-14H,2-3,12H2,1H3/b25-15+. The van der Waals surface area contributed by atoms with Crippen molar-refractivity contribution < 1.29 is 9.53 Å². The van der Waals surface area contributed by atoms with E-state index in [0.717, 1.165) is 18.5 Å². The van der Waals surface area contributed by atoms with Crippen molar-refractivity contribution in [2.45, 2.75) is 19.8 Å². The molecule has 1 aromatic heterocycles. The van der Waals surface area contributed by atoms with Crippen LogP contribution in [0.3, 0.4) is 0 Å². The summed E-state index contributed by atoms with van der Waals surface area (Å²) in [7, 11) is 0. The van der Waals surface area contributed by atoms with E-state index in [1.165, 1.54) is 6.20 Å². The normalized spacial score (nSPS) is 11.5. The van der Waals surface area contributed by atoms with Crippen molar-refractivity contribution in [3.05, 3.63) is 81.8 Å². The quantitative estimate of drug-likeness (QED) is 0.526. The molecule has 0 unspecified atom stereocenters. The van der Waals surface area contributed by atoms with Gasteiger partial charge in [-0.05, 0) is 30.7 Å². The number of para-hydroxylation sites is 1. The van der Waals surface area contributed by atoms with E-state index in [0.29, 0.717) is 17.8 Å². The molecule has 0 aliphatic carbocycles. The predicted molar refractivity (Wildman–Crippen MR) is 110 cm³/mol. The molecule has 1 amide bonds. The van der Waals surface area contributed by atoms with Gasteiger partial charge in [0.05, 0.1) is 39.5 Å². The van der Waals surface area contributed by atoms with Crippen LogP contribution >= 0.6 is 23.2 Å². The Morgan fingerprint density at radius 3 is 2.50 bits per heavy atom. The molecular formula is C21H19Cl2N3O2. The minimum Gasteiger partial charge on any atom is -0.478 e. The number of unbranched alkanes of at least 4 members (excludes halogenated alkanes) is 1. The van der Waals surface area contributed by atoms with Gasteiger partial charge >= 0.3 is 0 Å². The minimum atomic E-state index is -0.533. The highest BCUT2D eigenvalue weighted by atomic mass is 35.5. The van der Waals surface area contributed by atoms with E-state index in [1.54, 1.807) is 28.9 Å². The lowest BCUT2D eigenvalue weighted by molar-refractivity contribution is 0.0998. The van der Waals surface area contributed by atoms with E-state index in [4.69, 9.17) is 27.9 Å². The smallest absolute Gasteiger partial charge is 0.280 e. The van der Waals surface area contributed by atoms with Crippen molar-refractivity contribution >= 4 is 29.1 Å². The van der Waals surface area contributed by atoms with Crippen LogP contribution in [0.5, 0.6) is 5.88 Å². The Bertz CT molecular complexity index is 1010. The number of hydrogen-bond acceptors (Lipinski definition) is 3. The largest absolute Gasteiger partial charge is 0.478 e. The molecule has 28 heavy (non-hydrogen) atoms. The minimum absolute atomic E-state index is 0.166. The second kappa shape index (κ2) is 9.53. The summed E-state index contributed by atoms with van der Waals surface area (Å²) in [4.78, 5) is 16.7. The fourth-order valence-electron chi connectivity index (χ4n) is 2.52. The molecular weight excluding hydrogens is 397 g/mol. The lowest BCUT2D eigenvalue weighted by Gasteiger charge is -2.13. The molecule has 3 aromatic rings. The first kappa shape index (κ1) is 20.1. The number of benzene rings is 2. The first-order valence-corrected chi connectivity index (χ1v) is 9.66. The third-order valence-corrected chi connectivity index (χ3v) is 4.57. The summed E-state index contributed by atoms with van der Waals surface area (Å²) >= 11 is 12.2. The summed E-state index contributed by atoms with van der Waals surface area (Å²) < 4.78 is 7.55. The number of hydrogen-bond donors (Lipinski definition) is 0. The van der Waals surface area contributed by atoms with Crippen molar-refractivity contribution in [1.82, 2.24) is 9.78 Å². The highest BCUT2D eigenvalue weighted by molar-refractivity contribution is 6.39. The molecule has 1 heterocycles. The fourth-order valence-corrected chi connectivity index (χ4v) is 3.08. The molecule has 0 aliphatic heterocycles. The van der Waals surface area contributed by atoms with Gasteiger partial charge in [0.15, 0.2) is 0 Å². The van der Waals surface area contributed by atoms with Gasteiger partial charge in [0.1, 0.15) is 0 Å². The molecule has 2 aromatic carbocycles. The zero-order chi connectivity index (χ0) is 19.9. The summed E-state index contributed by atoms with van der Waals surface area (Å²) in [5.74, 6) is -0.0340. The van der Waals surface area contributed by atoms with Gasteiger partial charge in [0.25, 0.3) is 5.91 Å². The van der Waals surface area contributed by atoms with Gasteiger partial charge in [-0.25, -0.2) is 9.67 Å². The molecule has 0 bridgehead atoms. The fraction of sp³-hybridized carbons (Fsp3) is 0.190. The average Bonchev–Trinajstić information content (AvgIpc) is 2.69. The lowest BCUT2D eigenvalue weighted by Crippen LogP contribution is -2.16. The van der Waals surface area contributed by atoms with Crippen molar-refractivity contribution in [2.24, 2.45) is 4.99 Å². The van der Waals surface area contributed by atoms with Crippen LogP contribution in [0.1, 0.15) is 30.1 Å². The van der Waals surface area contributed by atoms with Crippen LogP contribution in [-0.2, 0) is 0 Å². The van der Waals surface area contributed by atoms with Crippen LogP contribution in [-0.4, -0.2) is 22.3 Å². The van der Waals surface area contributed by atoms with Gasteiger partial charge in [-0.15, -0.1) is 0 Å². The molecule has 0 N–H and O–H groups in total. The zero-order valence-electron chi connectivity index (χ0n) is 15.3. The van der Waals surface area contributed by atoms with Crippen LogP contribution < -0.4 is 10.1 Å². The van der Waals surface area contributed by atoms with Gasteiger partial charge < -0.3 is 4.74 Å². The average molecular weight is 416 g/mol. The van der Waals surface area contributed by atoms with Crippen LogP contribution in [0.15, 0.2) is 65.8 Å². The maximum absolute atomic E-state index is 12.6. The van der Waals surface area contributed by atoms with Crippen molar-refractivity contribution in [2.75, 3.05) is 6.61 Å². The van der Waals surface area contributed by atoms with Gasteiger partial charge in [0, 0.05) is 6.07 Å². The molecule has 0 fully saturated rings. The van der Waals surface area contributed by atoms with Crippen molar-refractivity contribution in [3.63, 3.8) is 0 Å². The highest BCUT2D eigenvalue weighted by Gasteiger charge is 2.14. The molecule has 0 aliphatic rings. The topological polar surface area (TPSA) is 56.5 Å². The molecule has 3 rings (SSSR count). The predicted octanol–water partition coefficient (Wildman–Crippen LogP) is 5.10. The van der Waals surface area contributed by atoms with Crippen LogP contribution in [0.4, 0.5) is 0 Å². The Morgan fingerprint density at radius 1 is 1.11 bits per heavy atom. The van der Waals surface area contributed by atoms with E-state index >= 15 is 0 Å². The van der Waals surface area contributed by atoms with E-state index in [-0.39, 0.29) is 15.6 Å². The van der Waals surface area contributed by atoms with Gasteiger partial charge in [-0.3, -0.25) is 4.79 Å². The number of carbonyl (C=O) groups excluding carboxylic acids is 1. The number of ether oxygens (including phenoxy) is 1. The second-order valence-corrected chi connectivity index (χ2v) is 6.83. The Labute approximate surface area is 173 Å². The number of aromatic nitrogens is 2. The molecule has 0 saturated heterocycles. The van der Waals surface area contributed by atoms with Crippen molar-refractivity contribution in [3.8, 4) is 11.6 Å². The number of rotatable bonds is 6. The van der Waals surface area contributed by atoms with Gasteiger partial charge in [0.2, 0.25) is 5.88 Å². The molecule has 7 heteroatoms. The summed E-state index contributed by atoms with van der Waals surface area (Å²) in [5.41, 5.74) is 1.01. The van der Waals surface area contributed by atoms with E-state index in [9.17, 15) is 4.79 Å². The van der Waals surface area contributed by atoms with E-state index in [1.807, 2.05) is 30.3 Å². The second-order valence-electron chi connectivity index (χ2n) is 6.01. The SMILES string of the molecule is CCCCOc1c/c(=N\C(=O)c2c(Cl)cccc2Cl)cnn1-c1ccccc1. The Hall–Kier alpha value is -2.63. The van der Waals surface area contributed by atoms with E-state index in [2.05, 4.69) is 17.0 Å². The Morgan fingerprint density at radius 2 is 1.82 bits per heavy atom. The lowest BCUT2D eigenvalue weighted by atomic mass is 10.2. The third-order valence-electron chi connectivity index (χ3n) is 3.94. The molecule has 0 radical (unpaired) electrons. The number of halogens is 2. The molecule has 144 valence electrons. The molecule has 0 spiro atoms. The monoisotopic (exact) mass is 415 g/mol. The van der Waals surface area contributed by atoms with Crippen LogP contribution in [0.2, 0.25) is 10.0 Å². The summed E-state index contributed by atoms with van der Waals surface area (Å²) in [6, 6.07) is 16.2. The van der Waals surface area contributed by atoms with E-state index < -0.39 is 5.91 Å². The number of carbonyl (C=O) groups is 1. The zero-order valence-corrected chi connectivity index (χ0v) is 16.8. The molecule has 5 nitrogen and oxygen atoms in total. The van der Waals surface area contributed by atoms with Crippen LogP contribution in [0, 0.1) is 0 Å².